The summed E-state index contributed by atoms with van der Waals surface area (Å²) in [4.78, 5) is 20.6. The van der Waals surface area contributed by atoms with Crippen LogP contribution in [0, 0.1) is 0 Å². The molecule has 0 rings (SSSR count). The number of carboxylic acids is 1. The standard InChI is InChI=1S/C11H19ClO3/c12-10(13)8-6-4-2-1-3-5-7-9-11(14)15/h1-9H2,(H,14,15). The van der Waals surface area contributed by atoms with Crippen molar-refractivity contribution in [2.75, 3.05) is 0 Å². The summed E-state index contributed by atoms with van der Waals surface area (Å²) >= 11 is 5.19. The maximum atomic E-state index is 10.4. The predicted octanol–water partition coefficient (Wildman–Crippen LogP) is 3.35. The third-order valence-electron chi connectivity index (χ3n) is 2.26. The highest BCUT2D eigenvalue weighted by molar-refractivity contribution is 6.63. The van der Waals surface area contributed by atoms with Crippen LogP contribution in [0.2, 0.25) is 0 Å². The molecule has 0 aliphatic heterocycles. The summed E-state index contributed by atoms with van der Waals surface area (Å²) in [5.41, 5.74) is 0. The van der Waals surface area contributed by atoms with Gasteiger partial charge in [-0.3, -0.25) is 9.59 Å². The number of carbonyl (C=O) groups excluding carboxylic acids is 1. The van der Waals surface area contributed by atoms with E-state index in [1.807, 2.05) is 0 Å². The Bertz CT molecular complexity index is 172. The van der Waals surface area contributed by atoms with Crippen molar-refractivity contribution < 1.29 is 14.7 Å². The molecule has 0 aromatic heterocycles. The number of halogens is 1. The van der Waals surface area contributed by atoms with E-state index >= 15 is 0 Å². The zero-order valence-electron chi connectivity index (χ0n) is 9.01. The smallest absolute Gasteiger partial charge is 0.303 e. The van der Waals surface area contributed by atoms with Gasteiger partial charge >= 0.3 is 5.97 Å². The van der Waals surface area contributed by atoms with E-state index in [1.165, 1.54) is 0 Å². The molecule has 0 aromatic rings. The lowest BCUT2D eigenvalue weighted by Gasteiger charge is -1.99. The summed E-state index contributed by atoms with van der Waals surface area (Å²) in [5.74, 6) is -0.712. The average molecular weight is 235 g/mol. The molecule has 0 saturated heterocycles. The molecule has 0 amide bonds. The van der Waals surface area contributed by atoms with E-state index in [2.05, 4.69) is 0 Å². The number of rotatable bonds is 10. The number of aliphatic carboxylic acids is 1. The van der Waals surface area contributed by atoms with Crippen molar-refractivity contribution in [1.29, 1.82) is 0 Å². The van der Waals surface area contributed by atoms with Crippen LogP contribution in [-0.2, 0) is 9.59 Å². The Balaban J connectivity index is 2.99. The van der Waals surface area contributed by atoms with Gasteiger partial charge in [0.15, 0.2) is 0 Å². The van der Waals surface area contributed by atoms with Crippen LogP contribution in [0.4, 0.5) is 0 Å². The molecule has 1 N–H and O–H groups in total. The molecule has 0 heterocycles. The fourth-order valence-electron chi connectivity index (χ4n) is 1.42. The number of unbranched alkanes of at least 4 members (excludes halogenated alkanes) is 6. The van der Waals surface area contributed by atoms with E-state index in [4.69, 9.17) is 16.7 Å². The molecule has 0 unspecified atom stereocenters. The highest BCUT2D eigenvalue weighted by Gasteiger charge is 1.97. The Morgan fingerprint density at radius 3 is 1.60 bits per heavy atom. The van der Waals surface area contributed by atoms with Crippen molar-refractivity contribution >= 4 is 22.8 Å². The first-order chi connectivity index (χ1) is 7.13. The molecule has 0 radical (unpaired) electrons. The van der Waals surface area contributed by atoms with Gasteiger partial charge in [0.1, 0.15) is 0 Å². The van der Waals surface area contributed by atoms with Crippen LogP contribution in [-0.4, -0.2) is 16.3 Å². The van der Waals surface area contributed by atoms with Gasteiger partial charge in [-0.2, -0.15) is 0 Å². The zero-order valence-corrected chi connectivity index (χ0v) is 9.76. The monoisotopic (exact) mass is 234 g/mol. The van der Waals surface area contributed by atoms with E-state index in [-0.39, 0.29) is 11.7 Å². The van der Waals surface area contributed by atoms with Crippen LogP contribution in [0.15, 0.2) is 0 Å². The van der Waals surface area contributed by atoms with Crippen LogP contribution in [0.3, 0.4) is 0 Å². The molecular formula is C11H19ClO3. The highest BCUT2D eigenvalue weighted by Crippen LogP contribution is 2.10. The zero-order chi connectivity index (χ0) is 11.5. The Kier molecular flexibility index (Phi) is 9.59. The number of carboxylic acid groups (broad SMARTS) is 1. The number of hydrogen-bond donors (Lipinski definition) is 1. The first-order valence-corrected chi connectivity index (χ1v) is 5.91. The molecule has 0 atom stereocenters. The summed E-state index contributed by atoms with van der Waals surface area (Å²) in [6.45, 7) is 0. The maximum absolute atomic E-state index is 10.4. The van der Waals surface area contributed by atoms with Crippen molar-refractivity contribution in [2.45, 2.75) is 57.8 Å². The van der Waals surface area contributed by atoms with Crippen molar-refractivity contribution in [1.82, 2.24) is 0 Å². The SMILES string of the molecule is O=C(O)CCCCCCCCCC(=O)Cl. The Hall–Kier alpha value is -0.570. The van der Waals surface area contributed by atoms with Gasteiger partial charge in [0.25, 0.3) is 0 Å². The van der Waals surface area contributed by atoms with Crippen molar-refractivity contribution in [3.05, 3.63) is 0 Å². The quantitative estimate of drug-likeness (QED) is 0.466. The van der Waals surface area contributed by atoms with Crippen molar-refractivity contribution in [3.63, 3.8) is 0 Å². The molecule has 0 aromatic carbocycles. The van der Waals surface area contributed by atoms with E-state index in [1.54, 1.807) is 0 Å². The lowest BCUT2D eigenvalue weighted by atomic mass is 10.1. The largest absolute Gasteiger partial charge is 0.481 e. The summed E-state index contributed by atoms with van der Waals surface area (Å²) in [6.07, 6.45) is 7.74. The van der Waals surface area contributed by atoms with Gasteiger partial charge in [-0.15, -0.1) is 0 Å². The van der Waals surface area contributed by atoms with E-state index in [0.29, 0.717) is 6.42 Å². The van der Waals surface area contributed by atoms with Crippen LogP contribution in [0.5, 0.6) is 0 Å². The highest BCUT2D eigenvalue weighted by atomic mass is 35.5. The molecule has 4 heteroatoms. The fourth-order valence-corrected chi connectivity index (χ4v) is 1.56. The average Bonchev–Trinajstić information content (AvgIpc) is 2.14. The lowest BCUT2D eigenvalue weighted by molar-refractivity contribution is -0.137. The van der Waals surface area contributed by atoms with E-state index < -0.39 is 5.97 Å². The molecule has 0 spiro atoms. The third-order valence-corrected chi connectivity index (χ3v) is 2.45. The minimum atomic E-state index is -0.712. The molecular weight excluding hydrogens is 216 g/mol. The second kappa shape index (κ2) is 9.97. The Morgan fingerprint density at radius 2 is 1.20 bits per heavy atom. The fraction of sp³-hybridized carbons (Fsp3) is 0.818. The van der Waals surface area contributed by atoms with Gasteiger partial charge in [-0.05, 0) is 24.4 Å². The Labute approximate surface area is 95.8 Å². The minimum absolute atomic E-state index is 0.253. The van der Waals surface area contributed by atoms with Gasteiger partial charge in [-0.25, -0.2) is 0 Å². The molecule has 0 aliphatic rings. The summed E-state index contributed by atoms with van der Waals surface area (Å²) in [5, 5.41) is 8.14. The van der Waals surface area contributed by atoms with E-state index in [9.17, 15) is 9.59 Å². The van der Waals surface area contributed by atoms with Gasteiger partial charge < -0.3 is 5.11 Å². The lowest BCUT2D eigenvalue weighted by Crippen LogP contribution is -1.93. The first-order valence-electron chi connectivity index (χ1n) is 5.53. The molecule has 15 heavy (non-hydrogen) atoms. The molecule has 0 saturated carbocycles. The van der Waals surface area contributed by atoms with Crippen LogP contribution in [0.1, 0.15) is 57.8 Å². The van der Waals surface area contributed by atoms with Crippen LogP contribution >= 0.6 is 11.6 Å². The van der Waals surface area contributed by atoms with Gasteiger partial charge in [0, 0.05) is 12.8 Å². The van der Waals surface area contributed by atoms with Crippen LogP contribution < -0.4 is 0 Å². The van der Waals surface area contributed by atoms with Gasteiger partial charge in [0.05, 0.1) is 0 Å². The Morgan fingerprint density at radius 1 is 0.800 bits per heavy atom. The predicted molar refractivity (Wildman–Crippen MR) is 60.0 cm³/mol. The van der Waals surface area contributed by atoms with Crippen LogP contribution in [0.25, 0.3) is 0 Å². The maximum Gasteiger partial charge on any atom is 0.303 e. The van der Waals surface area contributed by atoms with Crippen molar-refractivity contribution in [2.24, 2.45) is 0 Å². The molecule has 88 valence electrons. The first kappa shape index (κ1) is 14.4. The minimum Gasteiger partial charge on any atom is -0.481 e. The second-order valence-corrected chi connectivity index (χ2v) is 4.15. The summed E-state index contributed by atoms with van der Waals surface area (Å²) in [7, 11) is 0. The van der Waals surface area contributed by atoms with Gasteiger partial charge in [-0.1, -0.05) is 32.1 Å². The normalized spacial score (nSPS) is 10.2. The topological polar surface area (TPSA) is 54.4 Å². The van der Waals surface area contributed by atoms with E-state index in [0.717, 1.165) is 44.9 Å². The summed E-state index contributed by atoms with van der Waals surface area (Å²) < 4.78 is 0. The number of hydrogen-bond acceptors (Lipinski definition) is 2. The van der Waals surface area contributed by atoms with Gasteiger partial charge in [0.2, 0.25) is 5.24 Å². The third kappa shape index (κ3) is 13.4. The molecule has 3 nitrogen and oxygen atoms in total. The summed E-state index contributed by atoms with van der Waals surface area (Å²) in [6, 6.07) is 0. The number of carbonyl (C=O) groups is 2. The van der Waals surface area contributed by atoms with Crippen molar-refractivity contribution in [3.8, 4) is 0 Å². The second-order valence-electron chi connectivity index (χ2n) is 3.72. The molecule has 0 aliphatic carbocycles. The molecule has 0 bridgehead atoms. The molecule has 0 fully saturated rings.